The van der Waals surface area contributed by atoms with Crippen molar-refractivity contribution in [3.05, 3.63) is 67.2 Å². The van der Waals surface area contributed by atoms with E-state index in [9.17, 15) is 19.7 Å². The zero-order valence-corrected chi connectivity index (χ0v) is 14.8. The Morgan fingerprint density at radius 1 is 1.32 bits per heavy atom. The minimum Gasteiger partial charge on any atom is -0.267 e. The number of nitrogens with one attached hydrogen (secondary N) is 1. The van der Waals surface area contributed by atoms with E-state index < -0.39 is 16.7 Å². The van der Waals surface area contributed by atoms with Gasteiger partial charge in [-0.1, -0.05) is 23.9 Å². The van der Waals surface area contributed by atoms with Crippen LogP contribution in [0.5, 0.6) is 0 Å². The second-order valence-electron chi connectivity index (χ2n) is 4.78. The van der Waals surface area contributed by atoms with Crippen molar-refractivity contribution in [1.82, 2.24) is 10.4 Å². The van der Waals surface area contributed by atoms with Gasteiger partial charge in [0.05, 0.1) is 9.83 Å². The van der Waals surface area contributed by atoms with Crippen LogP contribution in [0.25, 0.3) is 6.08 Å². The number of nitro benzene ring substituents is 1. The van der Waals surface area contributed by atoms with E-state index in [0.717, 1.165) is 27.7 Å². The maximum absolute atomic E-state index is 12.4. The summed E-state index contributed by atoms with van der Waals surface area (Å²) >= 11 is 7.69. The monoisotopic (exact) mass is 391 g/mol. The van der Waals surface area contributed by atoms with E-state index in [-0.39, 0.29) is 15.6 Å². The molecular formula is C15H9N3O4S3. The Hall–Kier alpha value is -2.56. The molecule has 0 bridgehead atoms. The molecule has 10 heteroatoms. The van der Waals surface area contributed by atoms with Crippen molar-refractivity contribution in [2.45, 2.75) is 0 Å². The zero-order chi connectivity index (χ0) is 18.0. The summed E-state index contributed by atoms with van der Waals surface area (Å²) < 4.78 is 0.187. The van der Waals surface area contributed by atoms with Crippen LogP contribution < -0.4 is 5.43 Å². The first-order chi connectivity index (χ1) is 12.0. The van der Waals surface area contributed by atoms with Crippen molar-refractivity contribution in [2.24, 2.45) is 0 Å². The smallest absolute Gasteiger partial charge is 0.267 e. The first-order valence-corrected chi connectivity index (χ1v) is 8.93. The van der Waals surface area contributed by atoms with E-state index in [0.29, 0.717) is 4.91 Å². The lowest BCUT2D eigenvalue weighted by atomic mass is 10.2. The normalized spacial score (nSPS) is 15.7. The minimum absolute atomic E-state index is 0.0606. The van der Waals surface area contributed by atoms with Crippen LogP contribution in [-0.2, 0) is 4.79 Å². The number of nitrogens with zero attached hydrogens (tertiary/aromatic N) is 2. The van der Waals surface area contributed by atoms with Crippen molar-refractivity contribution >= 4 is 63.2 Å². The van der Waals surface area contributed by atoms with E-state index in [1.54, 1.807) is 6.08 Å². The summed E-state index contributed by atoms with van der Waals surface area (Å²) in [6.45, 7) is 0. The largest absolute Gasteiger partial charge is 0.285 e. The number of thiophene rings is 1. The van der Waals surface area contributed by atoms with Crippen molar-refractivity contribution in [3.63, 3.8) is 0 Å². The quantitative estimate of drug-likeness (QED) is 0.372. The highest BCUT2D eigenvalue weighted by Gasteiger charge is 2.34. The maximum Gasteiger partial charge on any atom is 0.285 e. The Balaban J connectivity index is 1.77. The van der Waals surface area contributed by atoms with Crippen LogP contribution in [0.2, 0.25) is 0 Å². The summed E-state index contributed by atoms with van der Waals surface area (Å²) in [5, 5.41) is 13.7. The molecule has 2 heterocycles. The lowest BCUT2D eigenvalue weighted by Gasteiger charge is -2.15. The molecule has 1 aromatic carbocycles. The molecule has 126 valence electrons. The third kappa shape index (κ3) is 3.76. The number of rotatable bonds is 4. The fourth-order valence-electron chi connectivity index (χ4n) is 1.99. The van der Waals surface area contributed by atoms with E-state index >= 15 is 0 Å². The van der Waals surface area contributed by atoms with Crippen LogP contribution in [0.15, 0.2) is 46.7 Å². The van der Waals surface area contributed by atoms with Crippen molar-refractivity contribution in [1.29, 1.82) is 0 Å². The SMILES string of the molecule is O=C(NN1C(=O)/C(=C/c2cccs2)SC1=S)c1cccc([N+](=O)[O-])c1. The number of non-ortho nitro benzene ring substituents is 1. The van der Waals surface area contributed by atoms with Crippen LogP contribution in [-0.4, -0.2) is 26.1 Å². The molecule has 2 amide bonds. The Bertz CT molecular complexity index is 909. The van der Waals surface area contributed by atoms with E-state index in [1.807, 2.05) is 17.5 Å². The Labute approximate surface area is 155 Å². The van der Waals surface area contributed by atoms with Crippen LogP contribution in [0, 0.1) is 10.1 Å². The highest BCUT2D eigenvalue weighted by Crippen LogP contribution is 2.32. The van der Waals surface area contributed by atoms with Gasteiger partial charge in [0.1, 0.15) is 0 Å². The number of carbonyl (C=O) groups excluding carboxylic acids is 2. The highest BCUT2D eigenvalue weighted by atomic mass is 32.2. The topological polar surface area (TPSA) is 92.6 Å². The molecule has 2 aromatic rings. The molecule has 3 rings (SSSR count). The summed E-state index contributed by atoms with van der Waals surface area (Å²) in [6.07, 6.45) is 1.70. The van der Waals surface area contributed by atoms with Gasteiger partial charge in [0.2, 0.25) is 0 Å². The van der Waals surface area contributed by atoms with Gasteiger partial charge in [-0.3, -0.25) is 25.1 Å². The second-order valence-corrected chi connectivity index (χ2v) is 7.44. The molecule has 0 unspecified atom stereocenters. The summed E-state index contributed by atoms with van der Waals surface area (Å²) in [7, 11) is 0. The summed E-state index contributed by atoms with van der Waals surface area (Å²) in [4.78, 5) is 36.2. The number of carbonyl (C=O) groups is 2. The number of hydrogen-bond acceptors (Lipinski definition) is 7. The molecule has 0 aliphatic carbocycles. The van der Waals surface area contributed by atoms with Gasteiger partial charge in [-0.05, 0) is 35.8 Å². The van der Waals surface area contributed by atoms with E-state index in [4.69, 9.17) is 12.2 Å². The van der Waals surface area contributed by atoms with Gasteiger partial charge in [0.25, 0.3) is 17.5 Å². The van der Waals surface area contributed by atoms with Crippen LogP contribution in [0.4, 0.5) is 5.69 Å². The number of nitro groups is 1. The van der Waals surface area contributed by atoms with Crippen LogP contribution in [0.1, 0.15) is 15.2 Å². The molecule has 1 aromatic heterocycles. The predicted octanol–water partition coefficient (Wildman–Crippen LogP) is 3.20. The number of benzene rings is 1. The van der Waals surface area contributed by atoms with Crippen LogP contribution >= 0.6 is 35.3 Å². The average molecular weight is 391 g/mol. The molecule has 25 heavy (non-hydrogen) atoms. The first-order valence-electron chi connectivity index (χ1n) is 6.82. The number of hydrogen-bond donors (Lipinski definition) is 1. The Morgan fingerprint density at radius 3 is 2.80 bits per heavy atom. The molecule has 0 spiro atoms. The minimum atomic E-state index is -0.655. The van der Waals surface area contributed by atoms with Crippen molar-refractivity contribution < 1.29 is 14.5 Å². The van der Waals surface area contributed by atoms with Crippen molar-refractivity contribution in [2.75, 3.05) is 0 Å². The number of thioether (sulfide) groups is 1. The molecule has 0 atom stereocenters. The third-order valence-corrected chi connectivity index (χ3v) is 5.26. The molecule has 1 aliphatic rings. The molecule has 1 aliphatic heterocycles. The van der Waals surface area contributed by atoms with Gasteiger partial charge in [-0.25, -0.2) is 0 Å². The molecule has 1 fully saturated rings. The van der Waals surface area contributed by atoms with E-state index in [1.165, 1.54) is 29.5 Å². The van der Waals surface area contributed by atoms with Gasteiger partial charge >= 0.3 is 0 Å². The first kappa shape index (κ1) is 17.3. The third-order valence-electron chi connectivity index (χ3n) is 3.14. The summed E-state index contributed by atoms with van der Waals surface area (Å²) in [6, 6.07) is 8.95. The van der Waals surface area contributed by atoms with Gasteiger partial charge in [-0.2, -0.15) is 5.01 Å². The fourth-order valence-corrected chi connectivity index (χ4v) is 3.90. The average Bonchev–Trinajstić information content (AvgIpc) is 3.19. The number of hydrazine groups is 1. The standard InChI is InChI=1S/C15H9N3O4S3/c19-13(9-3-1-4-10(7-9)18(21)22)16-17-14(20)12(25-15(17)23)8-11-5-2-6-24-11/h1-8H,(H,16,19)/b12-8-. The van der Waals surface area contributed by atoms with Crippen molar-refractivity contribution in [3.8, 4) is 0 Å². The maximum atomic E-state index is 12.4. The molecule has 0 saturated carbocycles. The Kier molecular flexibility index (Phi) is 4.93. The predicted molar refractivity (Wildman–Crippen MR) is 99.9 cm³/mol. The van der Waals surface area contributed by atoms with Gasteiger partial charge < -0.3 is 0 Å². The van der Waals surface area contributed by atoms with Gasteiger partial charge in [0, 0.05) is 22.6 Å². The fraction of sp³-hybridized carbons (Fsp3) is 0. The lowest BCUT2D eigenvalue weighted by Crippen LogP contribution is -2.44. The Morgan fingerprint density at radius 2 is 2.12 bits per heavy atom. The summed E-state index contributed by atoms with van der Waals surface area (Å²) in [5.41, 5.74) is 2.24. The second kappa shape index (κ2) is 7.13. The van der Waals surface area contributed by atoms with Gasteiger partial charge in [0.15, 0.2) is 4.32 Å². The number of thiocarbonyl (C=S) groups is 1. The molecule has 1 N–H and O–H groups in total. The molecule has 1 saturated heterocycles. The van der Waals surface area contributed by atoms with Gasteiger partial charge in [-0.15, -0.1) is 11.3 Å². The molecule has 7 nitrogen and oxygen atoms in total. The molecular weight excluding hydrogens is 382 g/mol. The van der Waals surface area contributed by atoms with E-state index in [2.05, 4.69) is 5.43 Å². The highest BCUT2D eigenvalue weighted by molar-refractivity contribution is 8.26. The number of amides is 2. The lowest BCUT2D eigenvalue weighted by molar-refractivity contribution is -0.384. The zero-order valence-electron chi connectivity index (χ0n) is 12.4. The summed E-state index contributed by atoms with van der Waals surface area (Å²) in [5.74, 6) is -1.10. The molecule has 0 radical (unpaired) electrons. The van der Waals surface area contributed by atoms with Crippen LogP contribution in [0.3, 0.4) is 0 Å².